The van der Waals surface area contributed by atoms with Gasteiger partial charge in [-0.25, -0.2) is 4.79 Å². The fraction of sp³-hybridized carbons (Fsp3) is 0.364. The molecule has 5 nitrogen and oxygen atoms in total. The van der Waals surface area contributed by atoms with Gasteiger partial charge in [-0.3, -0.25) is 0 Å². The molecule has 0 radical (unpaired) electrons. The number of benzene rings is 1. The fourth-order valence-corrected chi connectivity index (χ4v) is 1.84. The summed E-state index contributed by atoms with van der Waals surface area (Å²) in [5.74, 6) is -1.08. The molecular weight excluding hydrogens is 290 g/mol. The summed E-state index contributed by atoms with van der Waals surface area (Å²) in [6.45, 7) is 0.976. The molecule has 0 aliphatic carbocycles. The lowest BCUT2D eigenvalue weighted by Crippen LogP contribution is -2.43. The van der Waals surface area contributed by atoms with E-state index in [0.717, 1.165) is 0 Å². The quantitative estimate of drug-likeness (QED) is 0.658. The monoisotopic (exact) mass is 303 g/mol. The number of carboxylic acids is 1. The van der Waals surface area contributed by atoms with E-state index in [1.807, 2.05) is 0 Å². The Labute approximate surface area is 107 Å². The van der Waals surface area contributed by atoms with Gasteiger partial charge in [0.15, 0.2) is 0 Å². The van der Waals surface area contributed by atoms with Gasteiger partial charge < -0.3 is 20.6 Å². The number of rotatable bonds is 5. The lowest BCUT2D eigenvalue weighted by atomic mass is 10.0. The van der Waals surface area contributed by atoms with Crippen LogP contribution in [0.4, 0.5) is 5.69 Å². The Morgan fingerprint density at radius 1 is 1.41 bits per heavy atom. The van der Waals surface area contributed by atoms with Crippen LogP contribution in [0, 0.1) is 0 Å². The number of aromatic carboxylic acids is 1. The molecule has 94 valence electrons. The number of aliphatic hydroxyl groups excluding tert-OH is 2. The standard InChI is InChI=1S/C11H14BrNO4/c1-11(5-14,6-15)13-8-4-2-3-7(12)9(8)10(16)17/h2-4,13-15H,5-6H2,1H3,(H,16,17). The van der Waals surface area contributed by atoms with Crippen molar-refractivity contribution < 1.29 is 20.1 Å². The van der Waals surface area contributed by atoms with Gasteiger partial charge in [0.1, 0.15) is 0 Å². The zero-order valence-corrected chi connectivity index (χ0v) is 10.9. The number of nitrogens with one attached hydrogen (secondary N) is 1. The minimum Gasteiger partial charge on any atom is -0.478 e. The maximum absolute atomic E-state index is 11.1. The average molecular weight is 304 g/mol. The van der Waals surface area contributed by atoms with Gasteiger partial charge in [0.2, 0.25) is 0 Å². The summed E-state index contributed by atoms with van der Waals surface area (Å²) in [6.07, 6.45) is 0. The third-order valence-electron chi connectivity index (χ3n) is 2.36. The molecule has 0 atom stereocenters. The summed E-state index contributed by atoms with van der Waals surface area (Å²) in [4.78, 5) is 11.1. The van der Waals surface area contributed by atoms with Crippen molar-refractivity contribution in [3.05, 3.63) is 28.2 Å². The van der Waals surface area contributed by atoms with E-state index >= 15 is 0 Å². The Morgan fingerprint density at radius 3 is 2.47 bits per heavy atom. The van der Waals surface area contributed by atoms with Crippen LogP contribution in [-0.4, -0.2) is 40.0 Å². The van der Waals surface area contributed by atoms with Crippen molar-refractivity contribution in [2.24, 2.45) is 0 Å². The van der Waals surface area contributed by atoms with Crippen molar-refractivity contribution >= 4 is 27.6 Å². The SMILES string of the molecule is CC(CO)(CO)Nc1cccc(Br)c1C(=O)O. The van der Waals surface area contributed by atoms with Gasteiger partial charge in [-0.05, 0) is 35.0 Å². The maximum Gasteiger partial charge on any atom is 0.338 e. The molecule has 0 bridgehead atoms. The van der Waals surface area contributed by atoms with Crippen molar-refractivity contribution in [3.8, 4) is 0 Å². The van der Waals surface area contributed by atoms with Crippen molar-refractivity contribution in [1.29, 1.82) is 0 Å². The molecule has 0 spiro atoms. The zero-order chi connectivity index (χ0) is 13.1. The number of carbonyl (C=O) groups is 1. The molecule has 1 aromatic carbocycles. The second-order valence-electron chi connectivity index (χ2n) is 3.97. The molecule has 0 aromatic heterocycles. The predicted octanol–water partition coefficient (Wildman–Crippen LogP) is 1.30. The van der Waals surface area contributed by atoms with E-state index in [0.29, 0.717) is 10.2 Å². The highest BCUT2D eigenvalue weighted by molar-refractivity contribution is 9.10. The van der Waals surface area contributed by atoms with Gasteiger partial charge in [0.25, 0.3) is 0 Å². The average Bonchev–Trinajstić information content (AvgIpc) is 2.28. The van der Waals surface area contributed by atoms with E-state index in [2.05, 4.69) is 21.2 Å². The lowest BCUT2D eigenvalue weighted by Gasteiger charge is -2.28. The highest BCUT2D eigenvalue weighted by Gasteiger charge is 2.25. The first-order valence-electron chi connectivity index (χ1n) is 4.95. The number of halogens is 1. The first-order chi connectivity index (χ1) is 7.93. The van der Waals surface area contributed by atoms with Crippen LogP contribution in [0.3, 0.4) is 0 Å². The van der Waals surface area contributed by atoms with E-state index in [4.69, 9.17) is 15.3 Å². The van der Waals surface area contributed by atoms with E-state index in [9.17, 15) is 4.79 Å². The van der Waals surface area contributed by atoms with Gasteiger partial charge in [0, 0.05) is 4.47 Å². The van der Waals surface area contributed by atoms with Crippen LogP contribution in [0.2, 0.25) is 0 Å². The van der Waals surface area contributed by atoms with Crippen molar-refractivity contribution in [2.75, 3.05) is 18.5 Å². The summed E-state index contributed by atoms with van der Waals surface area (Å²) in [7, 11) is 0. The van der Waals surface area contributed by atoms with Crippen molar-refractivity contribution in [2.45, 2.75) is 12.5 Å². The predicted molar refractivity (Wildman–Crippen MR) is 67.3 cm³/mol. The van der Waals surface area contributed by atoms with Crippen LogP contribution in [-0.2, 0) is 0 Å². The Balaban J connectivity index is 3.15. The molecule has 0 aliphatic heterocycles. The van der Waals surface area contributed by atoms with Crippen LogP contribution in [0.25, 0.3) is 0 Å². The first kappa shape index (κ1) is 14.0. The number of aliphatic hydroxyl groups is 2. The van der Waals surface area contributed by atoms with Gasteiger partial charge >= 0.3 is 5.97 Å². The smallest absolute Gasteiger partial charge is 0.338 e. The van der Waals surface area contributed by atoms with Crippen molar-refractivity contribution in [1.82, 2.24) is 0 Å². The van der Waals surface area contributed by atoms with Gasteiger partial charge in [-0.15, -0.1) is 0 Å². The Morgan fingerprint density at radius 2 is 2.00 bits per heavy atom. The van der Waals surface area contributed by atoms with E-state index < -0.39 is 11.5 Å². The lowest BCUT2D eigenvalue weighted by molar-refractivity contribution is 0.0696. The van der Waals surface area contributed by atoms with Gasteiger partial charge in [-0.2, -0.15) is 0 Å². The number of carboxylic acid groups (broad SMARTS) is 1. The van der Waals surface area contributed by atoms with Crippen LogP contribution >= 0.6 is 15.9 Å². The highest BCUT2D eigenvalue weighted by Crippen LogP contribution is 2.27. The molecule has 0 saturated carbocycles. The Hall–Kier alpha value is -1.11. The van der Waals surface area contributed by atoms with Crippen LogP contribution in [0.5, 0.6) is 0 Å². The normalized spacial score (nSPS) is 11.3. The third-order valence-corrected chi connectivity index (χ3v) is 3.02. The van der Waals surface area contributed by atoms with E-state index in [1.54, 1.807) is 25.1 Å². The van der Waals surface area contributed by atoms with Crippen LogP contribution < -0.4 is 5.32 Å². The molecule has 0 amide bonds. The molecular formula is C11H14BrNO4. The van der Waals surface area contributed by atoms with Crippen LogP contribution in [0.1, 0.15) is 17.3 Å². The molecule has 1 aromatic rings. The summed E-state index contributed by atoms with van der Waals surface area (Å²) in [6, 6.07) is 4.87. The molecule has 17 heavy (non-hydrogen) atoms. The topological polar surface area (TPSA) is 89.8 Å². The molecule has 0 aliphatic rings. The number of hydrogen-bond donors (Lipinski definition) is 4. The fourth-order valence-electron chi connectivity index (χ4n) is 1.30. The molecule has 1 rings (SSSR count). The van der Waals surface area contributed by atoms with Crippen molar-refractivity contribution in [3.63, 3.8) is 0 Å². The summed E-state index contributed by atoms with van der Waals surface area (Å²) in [5, 5.41) is 30.3. The molecule has 6 heteroatoms. The second-order valence-corrected chi connectivity index (χ2v) is 4.82. The first-order valence-corrected chi connectivity index (χ1v) is 5.74. The van der Waals surface area contributed by atoms with E-state index in [1.165, 1.54) is 0 Å². The van der Waals surface area contributed by atoms with E-state index in [-0.39, 0.29) is 18.8 Å². The largest absolute Gasteiger partial charge is 0.478 e. The molecule has 0 heterocycles. The van der Waals surface area contributed by atoms with Gasteiger partial charge in [-0.1, -0.05) is 6.07 Å². The summed E-state index contributed by atoms with van der Waals surface area (Å²) in [5.41, 5.74) is -0.552. The highest BCUT2D eigenvalue weighted by atomic mass is 79.9. The molecule has 0 unspecified atom stereocenters. The molecule has 0 fully saturated rings. The van der Waals surface area contributed by atoms with Crippen LogP contribution in [0.15, 0.2) is 22.7 Å². The summed E-state index contributed by atoms with van der Waals surface area (Å²) < 4.78 is 0.438. The number of hydrogen-bond acceptors (Lipinski definition) is 4. The Kier molecular flexibility index (Phi) is 4.50. The minimum atomic E-state index is -1.08. The van der Waals surface area contributed by atoms with Gasteiger partial charge in [0.05, 0.1) is 30.0 Å². The molecule has 4 N–H and O–H groups in total. The second kappa shape index (κ2) is 5.48. The number of anilines is 1. The summed E-state index contributed by atoms with van der Waals surface area (Å²) >= 11 is 3.15. The third kappa shape index (κ3) is 3.18. The Bertz CT molecular complexity index is 418. The maximum atomic E-state index is 11.1. The molecule has 0 saturated heterocycles. The zero-order valence-electron chi connectivity index (χ0n) is 9.27. The minimum absolute atomic E-state index is 0.0700.